The fourth-order valence-electron chi connectivity index (χ4n) is 8.15. The molecule has 0 saturated carbocycles. The van der Waals surface area contributed by atoms with E-state index in [2.05, 4.69) is 167 Å². The molecule has 0 heterocycles. The molecule has 0 aliphatic carbocycles. The van der Waals surface area contributed by atoms with Crippen LogP contribution in [0.3, 0.4) is 0 Å². The van der Waals surface area contributed by atoms with Crippen molar-refractivity contribution < 1.29 is 28.6 Å². The molecule has 0 spiro atoms. The minimum Gasteiger partial charge on any atom is -0.462 e. The second-order valence-corrected chi connectivity index (χ2v) is 20.2. The lowest BCUT2D eigenvalue weighted by Gasteiger charge is -2.18. The predicted molar refractivity (Wildman–Crippen MR) is 334 cm³/mol. The molecule has 6 nitrogen and oxygen atoms in total. The average Bonchev–Trinajstić information content (AvgIpc) is 3.43. The molecule has 0 aliphatic heterocycles. The Morgan fingerprint density at radius 1 is 0.273 bits per heavy atom. The molecule has 0 amide bonds. The Kier molecular flexibility index (Phi) is 59.9. The van der Waals surface area contributed by atoms with Crippen LogP contribution in [0.4, 0.5) is 0 Å². The van der Waals surface area contributed by atoms with Crippen LogP contribution in [-0.2, 0) is 28.6 Å². The van der Waals surface area contributed by atoms with Crippen LogP contribution in [0.25, 0.3) is 0 Å². The SMILES string of the molecule is CC/C=C\C/C=C\C/C=C\C/C=C\C/C=C\C/C=C\C/C=C\C/C=C\C/C=C\CCCCCCCC(=O)OCC(COC(=O)CCCCCCC)OC(=O)CCCCCCCC/C=C\C/C=C\C/C=C\CCCCCCC. The lowest BCUT2D eigenvalue weighted by atomic mass is 10.1. The minimum absolute atomic E-state index is 0.0947. The largest absolute Gasteiger partial charge is 0.462 e. The Labute approximate surface area is 474 Å². The second kappa shape index (κ2) is 63.8. The Hall–Kier alpha value is -4.71. The van der Waals surface area contributed by atoms with Crippen molar-refractivity contribution in [1.29, 1.82) is 0 Å². The topological polar surface area (TPSA) is 78.9 Å². The zero-order valence-corrected chi connectivity index (χ0v) is 49.7. The van der Waals surface area contributed by atoms with Gasteiger partial charge in [0.05, 0.1) is 0 Å². The van der Waals surface area contributed by atoms with Crippen molar-refractivity contribution in [2.24, 2.45) is 0 Å². The smallest absolute Gasteiger partial charge is 0.306 e. The van der Waals surface area contributed by atoms with Gasteiger partial charge in [0.15, 0.2) is 6.10 Å². The van der Waals surface area contributed by atoms with Crippen LogP contribution in [0, 0.1) is 0 Å². The van der Waals surface area contributed by atoms with Gasteiger partial charge in [-0.05, 0) is 128 Å². The first-order valence-corrected chi connectivity index (χ1v) is 31.3. The van der Waals surface area contributed by atoms with Gasteiger partial charge in [-0.3, -0.25) is 14.4 Å². The van der Waals surface area contributed by atoms with Gasteiger partial charge in [0.2, 0.25) is 0 Å². The summed E-state index contributed by atoms with van der Waals surface area (Å²) < 4.78 is 16.7. The fourth-order valence-corrected chi connectivity index (χ4v) is 8.15. The molecule has 0 aromatic heterocycles. The Bertz CT molecular complexity index is 1700. The molecule has 0 bridgehead atoms. The van der Waals surface area contributed by atoms with Crippen molar-refractivity contribution in [3.05, 3.63) is 146 Å². The number of allylic oxidation sites excluding steroid dienone is 24. The first kappa shape index (κ1) is 72.3. The molecule has 434 valence electrons. The molecule has 1 atom stereocenters. The van der Waals surface area contributed by atoms with Crippen molar-refractivity contribution in [1.82, 2.24) is 0 Å². The number of rotatable bonds is 55. The predicted octanol–water partition coefficient (Wildman–Crippen LogP) is 21.5. The third kappa shape index (κ3) is 62.0. The molecule has 0 aromatic carbocycles. The average molecular weight is 1060 g/mol. The highest BCUT2D eigenvalue weighted by molar-refractivity contribution is 5.71. The highest BCUT2D eigenvalue weighted by atomic mass is 16.6. The molecule has 0 aromatic rings. The molecule has 0 radical (unpaired) electrons. The maximum atomic E-state index is 12.8. The summed E-state index contributed by atoms with van der Waals surface area (Å²) in [6.07, 6.45) is 91.8. The lowest BCUT2D eigenvalue weighted by Crippen LogP contribution is -2.30. The van der Waals surface area contributed by atoms with Crippen molar-refractivity contribution >= 4 is 17.9 Å². The zero-order chi connectivity index (χ0) is 55.7. The molecule has 6 heteroatoms. The van der Waals surface area contributed by atoms with Gasteiger partial charge in [-0.2, -0.15) is 0 Å². The molecule has 0 saturated heterocycles. The molecular formula is C71H114O6. The molecule has 77 heavy (non-hydrogen) atoms. The first-order valence-electron chi connectivity index (χ1n) is 31.3. The normalized spacial score (nSPS) is 13.1. The van der Waals surface area contributed by atoms with Crippen LogP contribution < -0.4 is 0 Å². The summed E-state index contributed by atoms with van der Waals surface area (Å²) in [5.41, 5.74) is 0. The Balaban J connectivity index is 4.17. The van der Waals surface area contributed by atoms with E-state index < -0.39 is 6.10 Å². The number of esters is 3. The molecular weight excluding hydrogens is 949 g/mol. The second-order valence-electron chi connectivity index (χ2n) is 20.2. The maximum Gasteiger partial charge on any atom is 0.306 e. The quantitative estimate of drug-likeness (QED) is 0.0261. The van der Waals surface area contributed by atoms with E-state index in [1.807, 2.05) is 0 Å². The van der Waals surface area contributed by atoms with Gasteiger partial charge < -0.3 is 14.2 Å². The van der Waals surface area contributed by atoms with Crippen LogP contribution in [0.1, 0.15) is 265 Å². The van der Waals surface area contributed by atoms with Crippen molar-refractivity contribution in [3.8, 4) is 0 Å². The standard InChI is InChI=1S/C71H114O6/c1-4-7-10-13-15-17-19-21-23-25-27-29-30-31-32-33-34-35-36-37-38-39-40-42-43-45-47-49-51-53-55-58-61-64-70(73)76-67-68(66-75-69(72)63-60-57-12-9-6-3)77-71(74)65-62-59-56-54-52-50-48-46-44-41-28-26-24-22-20-18-16-14-11-8-5-2/h7,10,15,17,20-23,26-29,31-32,34-35,37-38,40,42,44-47,68H,4-6,8-9,11-14,16,18-19,24-25,30,33,36,39,41,43,48-67H2,1-3H3/b10-7-,17-15-,22-20-,23-21-,28-26-,29-27-,32-31-,35-34-,38-37-,42-40-,46-44-,47-45-. The van der Waals surface area contributed by atoms with Gasteiger partial charge in [-0.15, -0.1) is 0 Å². The van der Waals surface area contributed by atoms with Crippen LogP contribution in [-0.4, -0.2) is 37.2 Å². The van der Waals surface area contributed by atoms with Gasteiger partial charge in [0.1, 0.15) is 13.2 Å². The summed E-state index contributed by atoms with van der Waals surface area (Å²) in [7, 11) is 0. The monoisotopic (exact) mass is 1060 g/mol. The van der Waals surface area contributed by atoms with E-state index in [1.165, 1.54) is 51.4 Å². The Morgan fingerprint density at radius 3 is 0.792 bits per heavy atom. The summed E-state index contributed by atoms with van der Waals surface area (Å²) in [5, 5.41) is 0. The summed E-state index contributed by atoms with van der Waals surface area (Å²) in [6, 6.07) is 0. The number of carbonyl (C=O) groups excluding carboxylic acids is 3. The summed E-state index contributed by atoms with van der Waals surface area (Å²) in [6.45, 7) is 6.40. The van der Waals surface area contributed by atoms with Gasteiger partial charge in [0, 0.05) is 19.3 Å². The van der Waals surface area contributed by atoms with Crippen molar-refractivity contribution in [2.45, 2.75) is 271 Å². The highest BCUT2D eigenvalue weighted by Crippen LogP contribution is 2.14. The summed E-state index contributed by atoms with van der Waals surface area (Å²) >= 11 is 0. The molecule has 0 fully saturated rings. The number of ether oxygens (including phenoxy) is 3. The fraction of sp³-hybridized carbons (Fsp3) is 0.620. The minimum atomic E-state index is -0.796. The third-order valence-electron chi connectivity index (χ3n) is 12.8. The molecule has 1 unspecified atom stereocenters. The third-order valence-corrected chi connectivity index (χ3v) is 12.8. The van der Waals surface area contributed by atoms with Crippen LogP contribution in [0.2, 0.25) is 0 Å². The van der Waals surface area contributed by atoms with Crippen LogP contribution >= 0.6 is 0 Å². The molecule has 0 aliphatic rings. The maximum absolute atomic E-state index is 12.8. The van der Waals surface area contributed by atoms with E-state index in [0.29, 0.717) is 19.3 Å². The van der Waals surface area contributed by atoms with Crippen LogP contribution in [0.15, 0.2) is 146 Å². The number of unbranched alkanes of at least 4 members (excludes halogenated alkanes) is 20. The number of hydrogen-bond acceptors (Lipinski definition) is 6. The number of carbonyl (C=O) groups is 3. The first-order chi connectivity index (χ1) is 38.0. The van der Waals surface area contributed by atoms with Crippen molar-refractivity contribution in [3.63, 3.8) is 0 Å². The number of hydrogen-bond donors (Lipinski definition) is 0. The molecule has 0 rings (SSSR count). The molecule has 0 N–H and O–H groups in total. The summed E-state index contributed by atoms with van der Waals surface area (Å²) in [5.74, 6) is -0.945. The van der Waals surface area contributed by atoms with Crippen LogP contribution in [0.5, 0.6) is 0 Å². The van der Waals surface area contributed by atoms with Gasteiger partial charge in [-0.1, -0.05) is 263 Å². The van der Waals surface area contributed by atoms with E-state index in [0.717, 1.165) is 173 Å². The zero-order valence-electron chi connectivity index (χ0n) is 49.7. The highest BCUT2D eigenvalue weighted by Gasteiger charge is 2.19. The lowest BCUT2D eigenvalue weighted by molar-refractivity contribution is -0.167. The van der Waals surface area contributed by atoms with E-state index in [-0.39, 0.29) is 31.1 Å². The van der Waals surface area contributed by atoms with Gasteiger partial charge >= 0.3 is 17.9 Å². The van der Waals surface area contributed by atoms with Gasteiger partial charge in [0.25, 0.3) is 0 Å². The van der Waals surface area contributed by atoms with Gasteiger partial charge in [-0.25, -0.2) is 0 Å². The summed E-state index contributed by atoms with van der Waals surface area (Å²) in [4.78, 5) is 37.9. The van der Waals surface area contributed by atoms with Crippen molar-refractivity contribution in [2.75, 3.05) is 13.2 Å². The van der Waals surface area contributed by atoms with E-state index in [1.54, 1.807) is 0 Å². The Morgan fingerprint density at radius 2 is 0.506 bits per heavy atom. The van der Waals surface area contributed by atoms with E-state index in [9.17, 15) is 14.4 Å². The van der Waals surface area contributed by atoms with E-state index in [4.69, 9.17) is 14.2 Å². The van der Waals surface area contributed by atoms with E-state index >= 15 is 0 Å².